The van der Waals surface area contributed by atoms with Crippen molar-refractivity contribution >= 4 is 14.4 Å². The van der Waals surface area contributed by atoms with Crippen LogP contribution in [0.15, 0.2) is 0 Å². The quantitative estimate of drug-likeness (QED) is 0.654. The maximum absolute atomic E-state index is 11.6. The SMILES string of the molecule is CC(C)(C)[Si](C)(C)OCC12CCC(CO)(CC1)N2C(=O)[O-].[Li+]. The summed E-state index contributed by atoms with van der Waals surface area (Å²) in [6.07, 6.45) is 1.76. The van der Waals surface area contributed by atoms with Gasteiger partial charge in [0.15, 0.2) is 8.32 Å². The van der Waals surface area contributed by atoms with Gasteiger partial charge >= 0.3 is 18.9 Å². The number of carbonyl (C=O) groups is 1. The van der Waals surface area contributed by atoms with Crippen LogP contribution < -0.4 is 24.0 Å². The zero-order valence-corrected chi connectivity index (χ0v) is 15.9. The molecule has 2 bridgehead atoms. The molecule has 0 radical (unpaired) electrons. The molecule has 5 nitrogen and oxygen atoms in total. The number of aliphatic hydroxyl groups excluding tert-OH is 1. The zero-order valence-electron chi connectivity index (χ0n) is 14.9. The van der Waals surface area contributed by atoms with Crippen molar-refractivity contribution in [2.45, 2.75) is 75.7 Å². The summed E-state index contributed by atoms with van der Waals surface area (Å²) in [5.41, 5.74) is -1.12. The molecule has 1 amide bonds. The first-order valence-corrected chi connectivity index (χ1v) is 10.7. The number of nitrogens with zero attached hydrogens (tertiary/aromatic N) is 1. The first-order valence-electron chi connectivity index (χ1n) is 7.76. The van der Waals surface area contributed by atoms with E-state index < -0.39 is 25.5 Å². The summed E-state index contributed by atoms with van der Waals surface area (Å²) in [5, 5.41) is 21.4. The van der Waals surface area contributed by atoms with Crippen molar-refractivity contribution in [3.8, 4) is 0 Å². The Hall–Kier alpha value is 0.00429. The molecule has 2 aliphatic heterocycles. The van der Waals surface area contributed by atoms with Crippen molar-refractivity contribution in [3.05, 3.63) is 0 Å². The van der Waals surface area contributed by atoms with Crippen LogP contribution in [0.2, 0.25) is 18.1 Å². The number of hydrogen-bond donors (Lipinski definition) is 1. The van der Waals surface area contributed by atoms with E-state index in [1.165, 1.54) is 4.90 Å². The van der Waals surface area contributed by atoms with Crippen molar-refractivity contribution in [3.63, 3.8) is 0 Å². The van der Waals surface area contributed by atoms with Crippen molar-refractivity contribution in [1.29, 1.82) is 0 Å². The topological polar surface area (TPSA) is 72.8 Å². The van der Waals surface area contributed by atoms with Crippen LogP contribution in [0.4, 0.5) is 4.79 Å². The molecule has 0 saturated carbocycles. The van der Waals surface area contributed by atoms with Gasteiger partial charge in [-0.25, -0.2) is 0 Å². The van der Waals surface area contributed by atoms with Crippen molar-refractivity contribution < 1.29 is 38.3 Å². The maximum atomic E-state index is 11.6. The Morgan fingerprint density at radius 2 is 1.68 bits per heavy atom. The van der Waals surface area contributed by atoms with Gasteiger partial charge in [0.1, 0.15) is 6.09 Å². The summed E-state index contributed by atoms with van der Waals surface area (Å²) in [4.78, 5) is 13.0. The van der Waals surface area contributed by atoms with Gasteiger partial charge in [0.2, 0.25) is 0 Å². The Kier molecular flexibility index (Phi) is 5.59. The molecule has 2 rings (SSSR count). The molecule has 0 spiro atoms. The standard InChI is InChI=1S/C15H29NO4Si.Li/c1-13(2,3)21(4,5)20-11-15-8-6-14(10-17,7-9-15)16(15)12(18)19;/h17H,6-11H2,1-5H3,(H,18,19);/q;+1/p-1. The third kappa shape index (κ3) is 3.01. The summed E-state index contributed by atoms with van der Waals surface area (Å²) in [6.45, 7) is 11.2. The molecule has 122 valence electrons. The number of rotatable bonds is 4. The Morgan fingerprint density at radius 1 is 1.23 bits per heavy atom. The molecule has 1 N–H and O–H groups in total. The van der Waals surface area contributed by atoms with Crippen molar-refractivity contribution in [2.75, 3.05) is 13.2 Å². The minimum absolute atomic E-state index is 0. The molecular weight excluding hydrogens is 293 g/mol. The van der Waals surface area contributed by atoms with E-state index in [9.17, 15) is 15.0 Å². The second kappa shape index (κ2) is 6.14. The first kappa shape index (κ1) is 20.0. The Labute approximate surface area is 146 Å². The smallest absolute Gasteiger partial charge is 0.530 e. The van der Waals surface area contributed by atoms with E-state index in [0.717, 1.165) is 12.8 Å². The second-order valence-corrected chi connectivity index (χ2v) is 13.1. The number of carboxylic acid groups (broad SMARTS) is 1. The van der Waals surface area contributed by atoms with E-state index in [1.807, 2.05) is 0 Å². The van der Waals surface area contributed by atoms with Crippen LogP contribution in [0, 0.1) is 0 Å². The second-order valence-electron chi connectivity index (χ2n) is 8.26. The van der Waals surface area contributed by atoms with E-state index in [1.54, 1.807) is 0 Å². The fraction of sp³-hybridized carbons (Fsp3) is 0.933. The molecule has 2 saturated heterocycles. The van der Waals surface area contributed by atoms with Gasteiger partial charge in [-0.15, -0.1) is 0 Å². The summed E-state index contributed by atoms with van der Waals surface area (Å²) >= 11 is 0. The van der Waals surface area contributed by atoms with Crippen LogP contribution in [0.25, 0.3) is 0 Å². The Balaban J connectivity index is 0.00000242. The third-order valence-electron chi connectivity index (χ3n) is 6.04. The van der Waals surface area contributed by atoms with Gasteiger partial charge in [0, 0.05) is 0 Å². The number of carbonyl (C=O) groups excluding carboxylic acids is 1. The van der Waals surface area contributed by atoms with Gasteiger partial charge in [0.25, 0.3) is 0 Å². The van der Waals surface area contributed by atoms with Gasteiger partial charge in [-0.1, -0.05) is 20.8 Å². The maximum Gasteiger partial charge on any atom is 1.00 e. The number of hydrogen-bond acceptors (Lipinski definition) is 4. The molecule has 7 heteroatoms. The molecule has 0 aromatic rings. The van der Waals surface area contributed by atoms with Crippen LogP contribution in [-0.4, -0.2) is 48.7 Å². The molecule has 0 aromatic carbocycles. The normalized spacial score (nSPS) is 31.3. The number of aliphatic hydroxyl groups is 1. The van der Waals surface area contributed by atoms with E-state index >= 15 is 0 Å². The van der Waals surface area contributed by atoms with Crippen LogP contribution in [0.5, 0.6) is 0 Å². The third-order valence-corrected chi connectivity index (χ3v) is 10.5. The zero-order chi connectivity index (χ0) is 16.1. The van der Waals surface area contributed by atoms with Crippen molar-refractivity contribution in [1.82, 2.24) is 4.90 Å². The van der Waals surface area contributed by atoms with Gasteiger partial charge in [-0.3, -0.25) is 0 Å². The monoisotopic (exact) mass is 321 g/mol. The molecule has 22 heavy (non-hydrogen) atoms. The number of fused-ring (bicyclic) bond motifs is 2. The molecule has 0 aliphatic carbocycles. The molecular formula is C15H28LiNO4Si. The summed E-state index contributed by atoms with van der Waals surface area (Å²) < 4.78 is 6.29. The van der Waals surface area contributed by atoms with Crippen LogP contribution in [-0.2, 0) is 4.43 Å². The largest absolute Gasteiger partial charge is 1.00 e. The summed E-state index contributed by atoms with van der Waals surface area (Å²) in [5.74, 6) is 0. The minimum atomic E-state index is -1.92. The van der Waals surface area contributed by atoms with Crippen molar-refractivity contribution in [2.24, 2.45) is 0 Å². The van der Waals surface area contributed by atoms with Gasteiger partial charge in [0.05, 0.1) is 24.3 Å². The summed E-state index contributed by atoms with van der Waals surface area (Å²) in [7, 11) is -1.92. The van der Waals surface area contributed by atoms with E-state index in [0.29, 0.717) is 19.4 Å². The summed E-state index contributed by atoms with van der Waals surface area (Å²) in [6, 6.07) is 0. The van der Waals surface area contributed by atoms with Gasteiger partial charge in [-0.2, -0.15) is 0 Å². The molecule has 2 heterocycles. The van der Waals surface area contributed by atoms with Gasteiger partial charge in [-0.05, 0) is 43.8 Å². The predicted octanol–water partition coefficient (Wildman–Crippen LogP) is -1.28. The molecule has 2 fully saturated rings. The Bertz CT molecular complexity index is 428. The fourth-order valence-corrected chi connectivity index (χ4v) is 4.55. The van der Waals surface area contributed by atoms with Gasteiger partial charge < -0.3 is 24.3 Å². The van der Waals surface area contributed by atoms with E-state index in [2.05, 4.69) is 33.9 Å². The first-order chi connectivity index (χ1) is 9.50. The molecule has 2 aliphatic rings. The minimum Gasteiger partial charge on any atom is -0.530 e. The number of amides is 1. The molecule has 0 unspecified atom stereocenters. The van der Waals surface area contributed by atoms with Crippen LogP contribution >= 0.6 is 0 Å². The average Bonchev–Trinajstić information content (AvgIpc) is 2.87. The van der Waals surface area contributed by atoms with E-state index in [4.69, 9.17) is 4.43 Å². The predicted molar refractivity (Wildman–Crippen MR) is 81.4 cm³/mol. The van der Waals surface area contributed by atoms with Crippen LogP contribution in [0.3, 0.4) is 0 Å². The Morgan fingerprint density at radius 3 is 2.05 bits per heavy atom. The molecule has 0 atom stereocenters. The molecule has 0 aromatic heterocycles. The fourth-order valence-electron chi connectivity index (χ4n) is 3.49. The van der Waals surface area contributed by atoms with Crippen LogP contribution in [0.1, 0.15) is 46.5 Å². The van der Waals surface area contributed by atoms with E-state index in [-0.39, 0.29) is 30.5 Å². The average molecular weight is 321 g/mol.